The maximum absolute atomic E-state index is 14.0. The average Bonchev–Trinajstić information content (AvgIpc) is 3.33. The van der Waals surface area contributed by atoms with Crippen LogP contribution in [0.1, 0.15) is 50.8 Å². The summed E-state index contributed by atoms with van der Waals surface area (Å²) in [5, 5.41) is 15.0. The van der Waals surface area contributed by atoms with Gasteiger partial charge < -0.3 is 25.4 Å². The smallest absolute Gasteiger partial charge is 0.407 e. The Labute approximate surface area is 233 Å². The standard InChI is InChI=1S/C28H38N4O6S/c1-6-12-38-20-14-17-9-7-8-10-18(17)22(20)30-25(34)23-28(3,4)15-21-32(23)26(35)19(11-13-39-21)29-24(33)16(2)31(5)27(36)37/h6-10,16,19-23H,1,11-15H2,2-5H3,(H,29,33)(H,30,34)(H,36,37)/t16-,19-,20+,21-,22-,23+/m0/s1. The predicted octanol–water partition coefficient (Wildman–Crippen LogP) is 2.54. The van der Waals surface area contributed by atoms with Crippen LogP contribution in [0.2, 0.25) is 0 Å². The van der Waals surface area contributed by atoms with E-state index in [0.717, 1.165) is 16.0 Å². The van der Waals surface area contributed by atoms with Crippen molar-refractivity contribution >= 4 is 35.6 Å². The van der Waals surface area contributed by atoms with E-state index in [4.69, 9.17) is 4.74 Å². The SMILES string of the molecule is C=CCO[C@@H]1Cc2ccccc2[C@@H]1NC(=O)[C@H]1N2C(=O)[C@@H](NC(=O)[C@H](C)N(C)C(=O)O)CCS[C@H]2CC1(C)C. The molecule has 4 rings (SSSR count). The Morgan fingerprint density at radius 2 is 2.03 bits per heavy atom. The number of likely N-dealkylation sites (N-methyl/N-ethyl adjacent to an activating group) is 1. The molecule has 4 amide bonds. The quantitative estimate of drug-likeness (QED) is 0.419. The zero-order valence-corrected chi connectivity index (χ0v) is 23.7. The van der Waals surface area contributed by atoms with Crippen molar-refractivity contribution in [1.82, 2.24) is 20.4 Å². The molecule has 11 heteroatoms. The van der Waals surface area contributed by atoms with Crippen LogP contribution in [0.15, 0.2) is 36.9 Å². The van der Waals surface area contributed by atoms with Gasteiger partial charge in [-0.2, -0.15) is 0 Å². The lowest BCUT2D eigenvalue weighted by atomic mass is 9.83. The molecule has 0 radical (unpaired) electrons. The predicted molar refractivity (Wildman–Crippen MR) is 148 cm³/mol. The molecule has 2 saturated heterocycles. The first-order valence-electron chi connectivity index (χ1n) is 13.3. The molecule has 10 nitrogen and oxygen atoms in total. The van der Waals surface area contributed by atoms with Crippen LogP contribution in [0.4, 0.5) is 4.79 Å². The molecular formula is C28H38N4O6S. The summed E-state index contributed by atoms with van der Waals surface area (Å²) in [5.41, 5.74) is 1.62. The van der Waals surface area contributed by atoms with Crippen molar-refractivity contribution in [3.05, 3.63) is 48.0 Å². The van der Waals surface area contributed by atoms with Crippen molar-refractivity contribution in [2.45, 2.75) is 75.7 Å². The van der Waals surface area contributed by atoms with Gasteiger partial charge in [-0.15, -0.1) is 18.3 Å². The number of amides is 4. The van der Waals surface area contributed by atoms with Crippen molar-refractivity contribution in [1.29, 1.82) is 0 Å². The Kier molecular flexibility index (Phi) is 8.60. The van der Waals surface area contributed by atoms with Crippen LogP contribution in [0, 0.1) is 5.41 Å². The summed E-state index contributed by atoms with van der Waals surface area (Å²) >= 11 is 1.61. The molecule has 0 aromatic heterocycles. The number of rotatable bonds is 8. The van der Waals surface area contributed by atoms with E-state index in [-0.39, 0.29) is 29.3 Å². The molecule has 0 saturated carbocycles. The maximum Gasteiger partial charge on any atom is 0.407 e. The Hall–Kier alpha value is -3.05. The topological polar surface area (TPSA) is 128 Å². The molecule has 6 atom stereocenters. The van der Waals surface area contributed by atoms with Crippen LogP contribution in [0.5, 0.6) is 0 Å². The van der Waals surface area contributed by atoms with Gasteiger partial charge in [-0.3, -0.25) is 19.3 Å². The summed E-state index contributed by atoms with van der Waals surface area (Å²) < 4.78 is 6.02. The fourth-order valence-corrected chi connectivity index (χ4v) is 7.37. The second kappa shape index (κ2) is 11.6. The van der Waals surface area contributed by atoms with Crippen molar-refractivity contribution < 1.29 is 29.0 Å². The van der Waals surface area contributed by atoms with E-state index in [9.17, 15) is 24.3 Å². The summed E-state index contributed by atoms with van der Waals surface area (Å²) in [6.07, 6.45) is 1.90. The van der Waals surface area contributed by atoms with Crippen molar-refractivity contribution in [2.75, 3.05) is 19.4 Å². The molecule has 212 valence electrons. The van der Waals surface area contributed by atoms with Crippen LogP contribution in [0.3, 0.4) is 0 Å². The number of carboxylic acid groups (broad SMARTS) is 1. The summed E-state index contributed by atoms with van der Waals surface area (Å²) in [7, 11) is 1.31. The molecule has 0 bridgehead atoms. The zero-order chi connectivity index (χ0) is 28.5. The monoisotopic (exact) mass is 558 g/mol. The second-order valence-corrected chi connectivity index (χ2v) is 12.4. The first-order chi connectivity index (χ1) is 18.5. The summed E-state index contributed by atoms with van der Waals surface area (Å²) in [6, 6.07) is 5.02. The van der Waals surface area contributed by atoms with Gasteiger partial charge in [-0.05, 0) is 42.1 Å². The van der Waals surface area contributed by atoms with Crippen LogP contribution >= 0.6 is 11.8 Å². The normalized spacial score (nSPS) is 28.1. The van der Waals surface area contributed by atoms with Crippen molar-refractivity contribution in [2.24, 2.45) is 5.41 Å². The Bertz CT molecular complexity index is 1140. The minimum absolute atomic E-state index is 0.201. The third-order valence-electron chi connectivity index (χ3n) is 8.03. The largest absolute Gasteiger partial charge is 0.465 e. The molecule has 2 aliphatic heterocycles. The summed E-state index contributed by atoms with van der Waals surface area (Å²) in [5.74, 6) is -0.499. The molecule has 2 heterocycles. The van der Waals surface area contributed by atoms with E-state index >= 15 is 0 Å². The van der Waals surface area contributed by atoms with E-state index in [1.54, 1.807) is 22.7 Å². The number of hydrogen-bond donors (Lipinski definition) is 3. The molecule has 1 aromatic rings. The van der Waals surface area contributed by atoms with Gasteiger partial charge in [0.05, 0.1) is 24.1 Å². The van der Waals surface area contributed by atoms with Gasteiger partial charge in [0.15, 0.2) is 0 Å². The lowest BCUT2D eigenvalue weighted by Gasteiger charge is -2.35. The molecule has 1 aliphatic carbocycles. The third-order valence-corrected chi connectivity index (χ3v) is 9.28. The van der Waals surface area contributed by atoms with Gasteiger partial charge >= 0.3 is 6.09 Å². The van der Waals surface area contributed by atoms with Crippen molar-refractivity contribution in [3.63, 3.8) is 0 Å². The van der Waals surface area contributed by atoms with Gasteiger partial charge in [0.2, 0.25) is 17.7 Å². The van der Waals surface area contributed by atoms with E-state index in [1.807, 2.05) is 38.1 Å². The lowest BCUT2D eigenvalue weighted by Crippen LogP contribution is -2.58. The number of carbonyl (C=O) groups is 4. The summed E-state index contributed by atoms with van der Waals surface area (Å²) in [6.45, 7) is 9.56. The first-order valence-corrected chi connectivity index (χ1v) is 14.3. The van der Waals surface area contributed by atoms with Crippen LogP contribution < -0.4 is 10.6 Å². The number of hydrogen-bond acceptors (Lipinski definition) is 6. The fraction of sp³-hybridized carbons (Fsp3) is 0.571. The lowest BCUT2D eigenvalue weighted by molar-refractivity contribution is -0.144. The van der Waals surface area contributed by atoms with E-state index < -0.39 is 35.5 Å². The zero-order valence-electron chi connectivity index (χ0n) is 22.9. The summed E-state index contributed by atoms with van der Waals surface area (Å²) in [4.78, 5) is 54.6. The molecular weight excluding hydrogens is 520 g/mol. The van der Waals surface area contributed by atoms with Crippen LogP contribution in [-0.2, 0) is 25.5 Å². The number of carbonyl (C=O) groups excluding carboxylic acids is 3. The van der Waals surface area contributed by atoms with Gasteiger partial charge in [0.25, 0.3) is 0 Å². The van der Waals surface area contributed by atoms with Gasteiger partial charge in [0, 0.05) is 13.5 Å². The Morgan fingerprint density at radius 1 is 1.31 bits per heavy atom. The second-order valence-electron chi connectivity index (χ2n) is 11.1. The molecule has 1 aromatic carbocycles. The van der Waals surface area contributed by atoms with Crippen molar-refractivity contribution in [3.8, 4) is 0 Å². The maximum atomic E-state index is 14.0. The average molecular weight is 559 g/mol. The van der Waals surface area contributed by atoms with Crippen LogP contribution in [0.25, 0.3) is 0 Å². The minimum atomic E-state index is -1.23. The van der Waals surface area contributed by atoms with Crippen LogP contribution in [-0.4, -0.2) is 87.7 Å². The molecule has 0 spiro atoms. The number of benzene rings is 1. The Morgan fingerprint density at radius 3 is 2.72 bits per heavy atom. The highest BCUT2D eigenvalue weighted by molar-refractivity contribution is 7.99. The van der Waals surface area contributed by atoms with E-state index in [1.165, 1.54) is 14.0 Å². The van der Waals surface area contributed by atoms with Gasteiger partial charge in [-0.1, -0.05) is 44.2 Å². The number of thioether (sulfide) groups is 1. The molecule has 2 fully saturated rings. The number of ether oxygens (including phenoxy) is 1. The Balaban J connectivity index is 1.56. The number of nitrogens with one attached hydrogen (secondary N) is 2. The van der Waals surface area contributed by atoms with Gasteiger partial charge in [-0.25, -0.2) is 4.79 Å². The highest BCUT2D eigenvalue weighted by Crippen LogP contribution is 2.46. The number of fused-ring (bicyclic) bond motifs is 2. The van der Waals surface area contributed by atoms with E-state index in [0.29, 0.717) is 31.6 Å². The third kappa shape index (κ3) is 5.79. The highest BCUT2D eigenvalue weighted by Gasteiger charge is 2.55. The molecule has 3 aliphatic rings. The minimum Gasteiger partial charge on any atom is -0.465 e. The van der Waals surface area contributed by atoms with E-state index in [2.05, 4.69) is 17.2 Å². The molecule has 0 unspecified atom stereocenters. The molecule has 3 N–H and O–H groups in total. The number of nitrogens with zero attached hydrogens (tertiary/aromatic N) is 2. The first kappa shape index (κ1) is 28.9. The fourth-order valence-electron chi connectivity index (χ4n) is 5.79. The molecule has 39 heavy (non-hydrogen) atoms. The van der Waals surface area contributed by atoms with Gasteiger partial charge in [0.1, 0.15) is 18.1 Å². The highest BCUT2D eigenvalue weighted by atomic mass is 32.2.